The number of Topliss-reactive ketones (excluding diaryl/α,β-unsaturated/α-hetero) is 1. The maximum atomic E-state index is 12.3. The summed E-state index contributed by atoms with van der Waals surface area (Å²) < 4.78 is 10.9. The van der Waals surface area contributed by atoms with Gasteiger partial charge in [0, 0.05) is 44.7 Å². The summed E-state index contributed by atoms with van der Waals surface area (Å²) in [6.07, 6.45) is 2.41. The molecule has 6 nitrogen and oxygen atoms in total. The van der Waals surface area contributed by atoms with E-state index in [0.717, 1.165) is 37.2 Å². The van der Waals surface area contributed by atoms with Crippen molar-refractivity contribution in [1.29, 1.82) is 0 Å². The summed E-state index contributed by atoms with van der Waals surface area (Å²) in [6.45, 7) is 9.74. The van der Waals surface area contributed by atoms with Gasteiger partial charge in [-0.3, -0.25) is 9.59 Å². The van der Waals surface area contributed by atoms with E-state index in [1.165, 1.54) is 0 Å². The summed E-state index contributed by atoms with van der Waals surface area (Å²) in [4.78, 5) is 26.3. The van der Waals surface area contributed by atoms with Gasteiger partial charge in [0.2, 0.25) is 5.91 Å². The van der Waals surface area contributed by atoms with E-state index in [1.54, 1.807) is 0 Å². The van der Waals surface area contributed by atoms with Crippen LogP contribution in [0.2, 0.25) is 0 Å². The first-order valence-corrected chi connectivity index (χ1v) is 10.4. The molecular formula is C22H36N2O4. The van der Waals surface area contributed by atoms with E-state index in [-0.39, 0.29) is 25.1 Å². The van der Waals surface area contributed by atoms with Crippen LogP contribution in [0.4, 0.5) is 5.69 Å². The molecule has 1 fully saturated rings. The summed E-state index contributed by atoms with van der Waals surface area (Å²) in [6, 6.07) is 7.80. The van der Waals surface area contributed by atoms with E-state index >= 15 is 0 Å². The third-order valence-electron chi connectivity index (χ3n) is 4.97. The standard InChI is InChI=1S/C22H34N2O4.H2/c1-4-21(25)18-5-7-20(8-6-18)24-12-9-19(10-13-24)22(26)23-11-14-27-15-16-28-17(2)3;/h5-8,17,19H,4,9-16H2,1-3H3,(H,23,26);1H. The second kappa shape index (κ2) is 11.8. The number of hydrogen-bond donors (Lipinski definition) is 1. The summed E-state index contributed by atoms with van der Waals surface area (Å²) in [5.74, 6) is 0.338. The lowest BCUT2D eigenvalue weighted by Gasteiger charge is -2.33. The maximum absolute atomic E-state index is 12.3. The van der Waals surface area contributed by atoms with E-state index in [2.05, 4.69) is 10.2 Å². The van der Waals surface area contributed by atoms with E-state index in [4.69, 9.17) is 9.47 Å². The molecule has 0 aliphatic carbocycles. The zero-order valence-corrected chi connectivity index (χ0v) is 17.4. The predicted molar refractivity (Wildman–Crippen MR) is 113 cm³/mol. The molecule has 1 aromatic rings. The average Bonchev–Trinajstić information content (AvgIpc) is 2.72. The van der Waals surface area contributed by atoms with Crippen LogP contribution >= 0.6 is 0 Å². The number of ether oxygens (including phenoxy) is 2. The minimum atomic E-state index is 0. The van der Waals surface area contributed by atoms with Gasteiger partial charge in [-0.2, -0.15) is 0 Å². The fourth-order valence-corrected chi connectivity index (χ4v) is 3.30. The van der Waals surface area contributed by atoms with Crippen LogP contribution in [-0.4, -0.2) is 57.2 Å². The molecule has 0 radical (unpaired) electrons. The van der Waals surface area contributed by atoms with Gasteiger partial charge in [-0.25, -0.2) is 0 Å². The van der Waals surface area contributed by atoms with Crippen LogP contribution in [0.1, 0.15) is 51.8 Å². The molecule has 1 heterocycles. The van der Waals surface area contributed by atoms with Crippen molar-refractivity contribution in [2.24, 2.45) is 5.92 Å². The minimum absolute atomic E-state index is 0. The number of carbonyl (C=O) groups excluding carboxylic acids is 2. The summed E-state index contributed by atoms with van der Waals surface area (Å²) in [7, 11) is 0. The lowest BCUT2D eigenvalue weighted by molar-refractivity contribution is -0.125. The van der Waals surface area contributed by atoms with Crippen LogP contribution in [0.15, 0.2) is 24.3 Å². The Hall–Kier alpha value is -1.92. The molecule has 0 aromatic heterocycles. The van der Waals surface area contributed by atoms with Gasteiger partial charge in [0.15, 0.2) is 5.78 Å². The monoisotopic (exact) mass is 392 g/mol. The first-order chi connectivity index (χ1) is 13.5. The van der Waals surface area contributed by atoms with E-state index in [9.17, 15) is 9.59 Å². The van der Waals surface area contributed by atoms with E-state index in [0.29, 0.717) is 32.8 Å². The second-order valence-corrected chi connectivity index (χ2v) is 7.41. The molecule has 1 aromatic carbocycles. The highest BCUT2D eigenvalue weighted by molar-refractivity contribution is 5.96. The highest BCUT2D eigenvalue weighted by Crippen LogP contribution is 2.24. The molecular weight excluding hydrogens is 356 g/mol. The van der Waals surface area contributed by atoms with Crippen LogP contribution in [0, 0.1) is 5.92 Å². The van der Waals surface area contributed by atoms with Gasteiger partial charge in [0.25, 0.3) is 0 Å². The number of hydrogen-bond acceptors (Lipinski definition) is 5. The third kappa shape index (κ3) is 7.24. The van der Waals surface area contributed by atoms with Gasteiger partial charge in [-0.15, -0.1) is 0 Å². The van der Waals surface area contributed by atoms with Crippen molar-refractivity contribution < 1.29 is 20.5 Å². The SMILES string of the molecule is CCC(=O)c1ccc(N2CCC(C(=O)NCCOCCOC(C)C)CC2)cc1.[HH]. The lowest BCUT2D eigenvalue weighted by atomic mass is 9.95. The number of carbonyl (C=O) groups is 2. The van der Waals surface area contributed by atoms with Crippen molar-refractivity contribution in [2.75, 3.05) is 44.4 Å². The number of anilines is 1. The molecule has 0 unspecified atom stereocenters. The molecule has 0 spiro atoms. The van der Waals surface area contributed by atoms with Crippen molar-refractivity contribution >= 4 is 17.4 Å². The summed E-state index contributed by atoms with van der Waals surface area (Å²) >= 11 is 0. The Kier molecular flexibility index (Phi) is 9.44. The summed E-state index contributed by atoms with van der Waals surface area (Å²) in [5, 5.41) is 2.97. The highest BCUT2D eigenvalue weighted by atomic mass is 16.5. The third-order valence-corrected chi connectivity index (χ3v) is 4.97. The second-order valence-electron chi connectivity index (χ2n) is 7.41. The number of benzene rings is 1. The van der Waals surface area contributed by atoms with E-state index < -0.39 is 0 Å². The van der Waals surface area contributed by atoms with Crippen molar-refractivity contribution in [3.8, 4) is 0 Å². The van der Waals surface area contributed by atoms with Crippen LogP contribution in [-0.2, 0) is 14.3 Å². The molecule has 1 aliphatic rings. The molecule has 1 amide bonds. The van der Waals surface area contributed by atoms with Gasteiger partial charge in [-0.05, 0) is 51.0 Å². The fourth-order valence-electron chi connectivity index (χ4n) is 3.30. The lowest BCUT2D eigenvalue weighted by Crippen LogP contribution is -2.41. The zero-order chi connectivity index (χ0) is 20.4. The normalized spacial score (nSPS) is 15.1. The molecule has 1 saturated heterocycles. The van der Waals surface area contributed by atoms with Gasteiger partial charge >= 0.3 is 0 Å². The first kappa shape index (κ1) is 22.4. The predicted octanol–water partition coefficient (Wildman–Crippen LogP) is 3.30. The Morgan fingerprint density at radius 2 is 1.82 bits per heavy atom. The summed E-state index contributed by atoms with van der Waals surface area (Å²) in [5.41, 5.74) is 1.88. The van der Waals surface area contributed by atoms with Crippen LogP contribution in [0.25, 0.3) is 0 Å². The Morgan fingerprint density at radius 1 is 1.14 bits per heavy atom. The number of rotatable bonds is 11. The molecule has 28 heavy (non-hydrogen) atoms. The number of nitrogens with one attached hydrogen (secondary N) is 1. The van der Waals surface area contributed by atoms with Crippen LogP contribution in [0.5, 0.6) is 0 Å². The Bertz CT molecular complexity index is 614. The van der Waals surface area contributed by atoms with Crippen LogP contribution in [0.3, 0.4) is 0 Å². The maximum Gasteiger partial charge on any atom is 0.223 e. The molecule has 0 bridgehead atoms. The molecule has 1 aliphatic heterocycles. The van der Waals surface area contributed by atoms with Gasteiger partial charge < -0.3 is 19.7 Å². The molecule has 158 valence electrons. The zero-order valence-electron chi connectivity index (χ0n) is 17.4. The van der Waals surface area contributed by atoms with E-state index in [1.807, 2.05) is 45.0 Å². The Labute approximate surface area is 170 Å². The smallest absolute Gasteiger partial charge is 0.223 e. The van der Waals surface area contributed by atoms with Gasteiger partial charge in [0.1, 0.15) is 0 Å². The number of piperidine rings is 1. The van der Waals surface area contributed by atoms with Crippen molar-refractivity contribution in [3.05, 3.63) is 29.8 Å². The first-order valence-electron chi connectivity index (χ1n) is 10.4. The molecule has 1 N–H and O–H groups in total. The van der Waals surface area contributed by atoms with Gasteiger partial charge in [-0.1, -0.05) is 6.92 Å². The molecule has 2 rings (SSSR count). The number of nitrogens with zero attached hydrogens (tertiary/aromatic N) is 1. The average molecular weight is 393 g/mol. The van der Waals surface area contributed by atoms with Crippen molar-refractivity contribution in [1.82, 2.24) is 5.32 Å². The number of amides is 1. The Morgan fingerprint density at radius 3 is 2.43 bits per heavy atom. The minimum Gasteiger partial charge on any atom is -0.377 e. The highest BCUT2D eigenvalue weighted by Gasteiger charge is 2.24. The quantitative estimate of drug-likeness (QED) is 0.462. The largest absolute Gasteiger partial charge is 0.377 e. The Balaban J connectivity index is 0.00000420. The van der Waals surface area contributed by atoms with Crippen molar-refractivity contribution in [2.45, 2.75) is 46.1 Å². The van der Waals surface area contributed by atoms with Crippen LogP contribution < -0.4 is 10.2 Å². The van der Waals surface area contributed by atoms with Crippen molar-refractivity contribution in [3.63, 3.8) is 0 Å². The number of ketones is 1. The fraction of sp³-hybridized carbons (Fsp3) is 0.636. The molecule has 0 atom stereocenters. The topological polar surface area (TPSA) is 67.9 Å². The molecule has 0 saturated carbocycles. The van der Waals surface area contributed by atoms with Gasteiger partial charge in [0.05, 0.1) is 25.9 Å². The molecule has 6 heteroatoms.